The SMILES string of the molecule is CC(C)(C)c1ccc([P+](F)(F)F)cc1.OB(O)OF. The summed E-state index contributed by atoms with van der Waals surface area (Å²) in [6, 6.07) is 5.47. The predicted molar refractivity (Wildman–Crippen MR) is 67.4 cm³/mol. The lowest BCUT2D eigenvalue weighted by Crippen LogP contribution is -2.12. The molecule has 3 nitrogen and oxygen atoms in total. The number of rotatable bonds is 2. The molecule has 1 rings (SSSR count). The smallest absolute Gasteiger partial charge is 0.400 e. The molecule has 2 N–H and O–H groups in total. The molecule has 0 radical (unpaired) electrons. The summed E-state index contributed by atoms with van der Waals surface area (Å²) in [6.07, 6.45) is 0. The maximum absolute atomic E-state index is 12.3. The van der Waals surface area contributed by atoms with E-state index >= 15 is 0 Å². The van der Waals surface area contributed by atoms with Crippen LogP contribution in [0.1, 0.15) is 26.3 Å². The lowest BCUT2D eigenvalue weighted by molar-refractivity contribution is -0.0560. The van der Waals surface area contributed by atoms with Crippen LogP contribution in [0.2, 0.25) is 0 Å². The molecule has 0 aliphatic rings. The molecular formula is C10H15BF4O3P+. The van der Waals surface area contributed by atoms with Crippen molar-refractivity contribution in [1.29, 1.82) is 0 Å². The van der Waals surface area contributed by atoms with Gasteiger partial charge in [0.2, 0.25) is 0 Å². The van der Waals surface area contributed by atoms with E-state index in [9.17, 15) is 17.1 Å². The van der Waals surface area contributed by atoms with Crippen molar-refractivity contribution in [2.45, 2.75) is 26.2 Å². The van der Waals surface area contributed by atoms with Crippen LogP contribution in [0, 0.1) is 0 Å². The van der Waals surface area contributed by atoms with Crippen molar-refractivity contribution in [3.8, 4) is 0 Å². The number of hydrogen-bond donors (Lipinski definition) is 2. The Bertz CT molecular complexity index is 343. The fourth-order valence-electron chi connectivity index (χ4n) is 1.13. The van der Waals surface area contributed by atoms with E-state index in [1.54, 1.807) is 12.1 Å². The standard InChI is InChI=1S/C10H13F3P.BFH2O3/c1-10(2,3)8-4-6-9(7-5-8)14(11,12)13;2-5-1(3)4/h4-7H,1-3H3;3-4H/q+1;. The zero-order valence-electron chi connectivity index (χ0n) is 10.6. The summed E-state index contributed by atoms with van der Waals surface area (Å²) in [7, 11) is -7.62. The van der Waals surface area contributed by atoms with E-state index in [-0.39, 0.29) is 5.41 Å². The molecule has 0 aliphatic carbocycles. The van der Waals surface area contributed by atoms with Gasteiger partial charge in [0.05, 0.1) is 0 Å². The second-order valence-electron chi connectivity index (χ2n) is 4.66. The summed E-state index contributed by atoms with van der Waals surface area (Å²) < 4.78 is 47.1. The maximum atomic E-state index is 12.3. The van der Waals surface area contributed by atoms with E-state index < -0.39 is 20.8 Å². The summed E-state index contributed by atoms with van der Waals surface area (Å²) >= 11 is 0. The minimum absolute atomic E-state index is 0.0947. The van der Waals surface area contributed by atoms with E-state index in [2.05, 4.69) is 4.86 Å². The Morgan fingerprint density at radius 2 is 1.42 bits per heavy atom. The van der Waals surface area contributed by atoms with Crippen LogP contribution in [0.15, 0.2) is 24.3 Å². The van der Waals surface area contributed by atoms with Gasteiger partial charge in [-0.25, -0.2) is 0 Å². The molecule has 0 saturated heterocycles. The molecular weight excluding hydrogens is 286 g/mol. The molecule has 0 fully saturated rings. The molecule has 19 heavy (non-hydrogen) atoms. The fourth-order valence-corrected chi connectivity index (χ4v) is 1.62. The summed E-state index contributed by atoms with van der Waals surface area (Å²) in [5.74, 6) is 0. The molecule has 0 aliphatic heterocycles. The van der Waals surface area contributed by atoms with Gasteiger partial charge >= 0.3 is 15.5 Å². The summed E-state index contributed by atoms with van der Waals surface area (Å²) in [6.45, 7) is 5.93. The molecule has 1 aromatic rings. The minimum atomic E-state index is -5.34. The third-order valence-corrected chi connectivity index (χ3v) is 2.99. The van der Waals surface area contributed by atoms with Gasteiger partial charge in [-0.3, -0.25) is 0 Å². The molecule has 0 spiro atoms. The molecule has 0 heterocycles. The Labute approximate surface area is 110 Å². The molecule has 0 saturated carbocycles. The van der Waals surface area contributed by atoms with Gasteiger partial charge in [-0.1, -0.05) is 37.4 Å². The Hall–Kier alpha value is -0.685. The summed E-state index contributed by atoms with van der Waals surface area (Å²) in [5, 5.41) is 14.2. The maximum Gasteiger partial charge on any atom is 0.667 e. The third kappa shape index (κ3) is 7.47. The molecule has 9 heteroatoms. The molecule has 0 unspecified atom stereocenters. The highest BCUT2D eigenvalue weighted by Gasteiger charge is 2.46. The molecule has 108 valence electrons. The van der Waals surface area contributed by atoms with Crippen molar-refractivity contribution in [3.63, 3.8) is 0 Å². The normalized spacial score (nSPS) is 11.6. The number of hydrogen-bond acceptors (Lipinski definition) is 3. The molecule has 0 bridgehead atoms. The summed E-state index contributed by atoms with van der Waals surface area (Å²) in [4.78, 5) is 2.36. The topological polar surface area (TPSA) is 49.7 Å². The lowest BCUT2D eigenvalue weighted by Gasteiger charge is -2.18. The van der Waals surface area contributed by atoms with Crippen LogP contribution in [0.4, 0.5) is 17.1 Å². The molecule has 0 amide bonds. The van der Waals surface area contributed by atoms with Gasteiger partial charge in [-0.15, -0.1) is 0 Å². The van der Waals surface area contributed by atoms with Gasteiger partial charge < -0.3 is 10.0 Å². The Morgan fingerprint density at radius 1 is 1.05 bits per heavy atom. The van der Waals surface area contributed by atoms with Crippen molar-refractivity contribution in [2.75, 3.05) is 0 Å². The van der Waals surface area contributed by atoms with Crippen LogP contribution in [0.5, 0.6) is 0 Å². The highest BCUT2D eigenvalue weighted by atomic mass is 31.3. The van der Waals surface area contributed by atoms with Gasteiger partial charge in [0.25, 0.3) is 0 Å². The van der Waals surface area contributed by atoms with Crippen LogP contribution in [-0.4, -0.2) is 17.4 Å². The van der Waals surface area contributed by atoms with Gasteiger partial charge in [0.1, 0.15) is 0 Å². The number of halogens is 4. The van der Waals surface area contributed by atoms with Crippen LogP contribution < -0.4 is 5.30 Å². The predicted octanol–water partition coefficient (Wildman–Crippen LogP) is 3.14. The van der Waals surface area contributed by atoms with Crippen LogP contribution in [-0.2, 0) is 10.3 Å². The lowest BCUT2D eigenvalue weighted by atomic mass is 9.87. The average Bonchev–Trinajstić information content (AvgIpc) is 2.27. The monoisotopic (exact) mass is 301 g/mol. The van der Waals surface area contributed by atoms with Crippen molar-refractivity contribution in [1.82, 2.24) is 0 Å². The Kier molecular flexibility index (Phi) is 6.93. The van der Waals surface area contributed by atoms with Gasteiger partial charge in [-0.2, -0.15) is 4.86 Å². The largest absolute Gasteiger partial charge is 0.667 e. The molecule has 0 aromatic heterocycles. The van der Waals surface area contributed by atoms with E-state index in [1.165, 1.54) is 12.1 Å². The minimum Gasteiger partial charge on any atom is -0.400 e. The quantitative estimate of drug-likeness (QED) is 0.501. The van der Waals surface area contributed by atoms with Crippen molar-refractivity contribution < 1.29 is 32.0 Å². The Balaban J connectivity index is 0.000000555. The van der Waals surface area contributed by atoms with E-state index in [0.717, 1.165) is 5.56 Å². The second-order valence-corrected chi connectivity index (χ2v) is 6.06. The average molecular weight is 301 g/mol. The van der Waals surface area contributed by atoms with Crippen LogP contribution in [0.25, 0.3) is 0 Å². The first-order chi connectivity index (χ1) is 8.48. The summed E-state index contributed by atoms with van der Waals surface area (Å²) in [5.41, 5.74) is 0.831. The zero-order chi connectivity index (χ0) is 15.3. The van der Waals surface area contributed by atoms with E-state index in [4.69, 9.17) is 10.0 Å². The highest BCUT2D eigenvalue weighted by Crippen LogP contribution is 2.62. The van der Waals surface area contributed by atoms with Gasteiger partial charge in [0.15, 0.2) is 5.30 Å². The van der Waals surface area contributed by atoms with Gasteiger partial charge in [0, 0.05) is 12.6 Å². The first kappa shape index (κ1) is 18.3. The second kappa shape index (κ2) is 7.19. The number of benzene rings is 1. The van der Waals surface area contributed by atoms with Crippen LogP contribution >= 0.6 is 8.19 Å². The first-order valence-corrected chi connectivity index (χ1v) is 6.67. The molecule has 0 atom stereocenters. The van der Waals surface area contributed by atoms with Crippen molar-refractivity contribution in [3.05, 3.63) is 29.8 Å². The van der Waals surface area contributed by atoms with Crippen molar-refractivity contribution >= 4 is 20.8 Å². The third-order valence-electron chi connectivity index (χ3n) is 2.11. The van der Waals surface area contributed by atoms with Crippen LogP contribution in [0.3, 0.4) is 0 Å². The zero-order valence-corrected chi connectivity index (χ0v) is 11.5. The van der Waals surface area contributed by atoms with Crippen molar-refractivity contribution in [2.24, 2.45) is 0 Å². The highest BCUT2D eigenvalue weighted by molar-refractivity contribution is 7.68. The molecule has 1 aromatic carbocycles. The Morgan fingerprint density at radius 3 is 1.63 bits per heavy atom. The fraction of sp³-hybridized carbons (Fsp3) is 0.400. The van der Waals surface area contributed by atoms with E-state index in [1.807, 2.05) is 20.8 Å². The van der Waals surface area contributed by atoms with E-state index in [0.29, 0.717) is 0 Å². The first-order valence-electron chi connectivity index (χ1n) is 5.21. The van der Waals surface area contributed by atoms with Gasteiger partial charge in [-0.05, 0) is 23.1 Å².